The molecule has 1 aromatic rings. The van der Waals surface area contributed by atoms with Gasteiger partial charge in [0.1, 0.15) is 0 Å². The summed E-state index contributed by atoms with van der Waals surface area (Å²) in [5.41, 5.74) is 0.533. The molecule has 0 amide bonds. The maximum absolute atomic E-state index is 9.82. The lowest BCUT2D eigenvalue weighted by atomic mass is 10.1. The first-order valence-corrected chi connectivity index (χ1v) is 5.66. The summed E-state index contributed by atoms with van der Waals surface area (Å²) in [5.74, 6) is 0. The molecule has 0 aromatic heterocycles. The van der Waals surface area contributed by atoms with E-state index in [-0.39, 0.29) is 0 Å². The Kier molecular flexibility index (Phi) is 2.21. The quantitative estimate of drug-likeness (QED) is 0.780. The molecule has 0 radical (unpaired) electrons. The first kappa shape index (κ1) is 8.97. The van der Waals surface area contributed by atoms with Crippen LogP contribution >= 0.6 is 38.5 Å². The third-order valence-electron chi connectivity index (χ3n) is 2.12. The van der Waals surface area contributed by atoms with Gasteiger partial charge in [-0.05, 0) is 59.2 Å². The summed E-state index contributed by atoms with van der Waals surface area (Å²) >= 11 is 5.68. The molecular weight excluding hydrogens is 331 g/mol. The minimum absolute atomic E-state index is 0.510. The molecule has 0 aliphatic heterocycles. The minimum Gasteiger partial charge on any atom is -0.385 e. The first-order chi connectivity index (χ1) is 5.60. The molecule has 12 heavy (non-hydrogen) atoms. The molecule has 1 saturated carbocycles. The minimum atomic E-state index is -0.510. The molecule has 0 bridgehead atoms. The average molecular weight is 339 g/mol. The van der Waals surface area contributed by atoms with Gasteiger partial charge in [-0.2, -0.15) is 0 Å². The Morgan fingerprint density at radius 3 is 2.50 bits per heavy atom. The molecule has 1 nitrogen and oxygen atoms in total. The Labute approximate surface area is 93.4 Å². The topological polar surface area (TPSA) is 20.2 Å². The number of benzene rings is 1. The molecular formula is C9H8BrIO. The van der Waals surface area contributed by atoms with Crippen LogP contribution in [0.5, 0.6) is 0 Å². The highest BCUT2D eigenvalue weighted by molar-refractivity contribution is 14.1. The van der Waals surface area contributed by atoms with Crippen molar-refractivity contribution in [3.8, 4) is 0 Å². The summed E-state index contributed by atoms with van der Waals surface area (Å²) in [6, 6.07) is 6.07. The molecule has 0 spiro atoms. The molecule has 1 aliphatic carbocycles. The van der Waals surface area contributed by atoms with Gasteiger partial charge in [0, 0.05) is 8.04 Å². The third-order valence-corrected chi connectivity index (χ3v) is 3.20. The van der Waals surface area contributed by atoms with Crippen LogP contribution in [0, 0.1) is 3.57 Å². The largest absolute Gasteiger partial charge is 0.385 e. The van der Waals surface area contributed by atoms with E-state index in [2.05, 4.69) is 38.5 Å². The average Bonchev–Trinajstić information content (AvgIpc) is 2.67. The van der Waals surface area contributed by atoms with E-state index >= 15 is 0 Å². The van der Waals surface area contributed by atoms with Crippen LogP contribution in [0.25, 0.3) is 0 Å². The Hall–Kier alpha value is 0.390. The Morgan fingerprint density at radius 1 is 1.33 bits per heavy atom. The van der Waals surface area contributed by atoms with E-state index in [9.17, 15) is 5.11 Å². The van der Waals surface area contributed by atoms with Gasteiger partial charge >= 0.3 is 0 Å². The monoisotopic (exact) mass is 338 g/mol. The van der Waals surface area contributed by atoms with Crippen LogP contribution in [0.3, 0.4) is 0 Å². The van der Waals surface area contributed by atoms with Gasteiger partial charge in [0.05, 0.1) is 5.60 Å². The summed E-state index contributed by atoms with van der Waals surface area (Å²) in [5, 5.41) is 9.82. The Morgan fingerprint density at radius 2 is 2.00 bits per heavy atom. The fourth-order valence-corrected chi connectivity index (χ4v) is 2.82. The van der Waals surface area contributed by atoms with Crippen LogP contribution in [0.2, 0.25) is 0 Å². The standard InChI is InChI=1S/C9H8BrIO/c10-7-3-6(4-8(11)5-7)9(12)1-2-9/h3-5,12H,1-2H2. The molecule has 1 aliphatic rings. The van der Waals surface area contributed by atoms with E-state index in [0.29, 0.717) is 0 Å². The first-order valence-electron chi connectivity index (χ1n) is 3.79. The number of aliphatic hydroxyl groups is 1. The van der Waals surface area contributed by atoms with Crippen molar-refractivity contribution in [1.82, 2.24) is 0 Å². The van der Waals surface area contributed by atoms with Crippen molar-refractivity contribution >= 4 is 38.5 Å². The highest BCUT2D eigenvalue weighted by atomic mass is 127. The van der Waals surface area contributed by atoms with Crippen LogP contribution in [-0.4, -0.2) is 5.11 Å². The zero-order valence-electron chi connectivity index (χ0n) is 6.35. The van der Waals surface area contributed by atoms with Crippen molar-refractivity contribution in [3.63, 3.8) is 0 Å². The number of hydrogen-bond acceptors (Lipinski definition) is 1. The van der Waals surface area contributed by atoms with Gasteiger partial charge in [-0.1, -0.05) is 15.9 Å². The molecule has 1 aromatic carbocycles. The zero-order chi connectivity index (χ0) is 8.77. The molecule has 1 N–H and O–H groups in total. The number of hydrogen-bond donors (Lipinski definition) is 1. The molecule has 0 heterocycles. The van der Waals surface area contributed by atoms with Crippen molar-refractivity contribution in [2.45, 2.75) is 18.4 Å². The normalized spacial score (nSPS) is 19.2. The van der Waals surface area contributed by atoms with Crippen molar-refractivity contribution in [2.75, 3.05) is 0 Å². The van der Waals surface area contributed by atoms with Crippen LogP contribution < -0.4 is 0 Å². The van der Waals surface area contributed by atoms with E-state index < -0.39 is 5.60 Å². The molecule has 64 valence electrons. The van der Waals surface area contributed by atoms with Crippen molar-refractivity contribution in [2.24, 2.45) is 0 Å². The summed E-state index contributed by atoms with van der Waals surface area (Å²) in [7, 11) is 0. The van der Waals surface area contributed by atoms with Gasteiger partial charge in [0.25, 0.3) is 0 Å². The van der Waals surface area contributed by atoms with Gasteiger partial charge in [0.2, 0.25) is 0 Å². The van der Waals surface area contributed by atoms with Crippen molar-refractivity contribution in [1.29, 1.82) is 0 Å². The summed E-state index contributed by atoms with van der Waals surface area (Å²) < 4.78 is 2.21. The van der Waals surface area contributed by atoms with Gasteiger partial charge in [0.15, 0.2) is 0 Å². The molecule has 3 heteroatoms. The van der Waals surface area contributed by atoms with Gasteiger partial charge in [-0.25, -0.2) is 0 Å². The van der Waals surface area contributed by atoms with Crippen molar-refractivity contribution < 1.29 is 5.11 Å². The predicted octanol–water partition coefficient (Wildman–Crippen LogP) is 3.04. The summed E-state index contributed by atoms with van der Waals surface area (Å²) in [6.07, 6.45) is 1.80. The Bertz CT molecular complexity index is 300. The van der Waals surface area contributed by atoms with Crippen LogP contribution in [0.4, 0.5) is 0 Å². The summed E-state index contributed by atoms with van der Waals surface area (Å²) in [6.45, 7) is 0. The molecule has 2 rings (SSSR count). The number of rotatable bonds is 1. The van der Waals surface area contributed by atoms with Gasteiger partial charge < -0.3 is 5.11 Å². The second kappa shape index (κ2) is 2.96. The van der Waals surface area contributed by atoms with Crippen molar-refractivity contribution in [3.05, 3.63) is 31.8 Å². The molecule has 0 unspecified atom stereocenters. The maximum Gasteiger partial charge on any atom is 0.0899 e. The highest BCUT2D eigenvalue weighted by Gasteiger charge is 2.42. The second-order valence-electron chi connectivity index (χ2n) is 3.19. The Balaban J connectivity index is 2.44. The van der Waals surface area contributed by atoms with E-state index in [4.69, 9.17) is 0 Å². The van der Waals surface area contributed by atoms with E-state index in [0.717, 1.165) is 26.4 Å². The SMILES string of the molecule is OC1(c2cc(Br)cc(I)c2)CC1. The van der Waals surface area contributed by atoms with E-state index in [1.54, 1.807) is 0 Å². The van der Waals surface area contributed by atoms with E-state index in [1.807, 2.05) is 18.2 Å². The van der Waals surface area contributed by atoms with E-state index in [1.165, 1.54) is 0 Å². The summed E-state index contributed by atoms with van der Waals surface area (Å²) in [4.78, 5) is 0. The third kappa shape index (κ3) is 1.67. The zero-order valence-corrected chi connectivity index (χ0v) is 10.1. The molecule has 0 atom stereocenters. The highest BCUT2D eigenvalue weighted by Crippen LogP contribution is 2.46. The molecule has 0 saturated heterocycles. The second-order valence-corrected chi connectivity index (χ2v) is 5.35. The fraction of sp³-hybridized carbons (Fsp3) is 0.333. The van der Waals surface area contributed by atoms with Crippen LogP contribution in [0.1, 0.15) is 18.4 Å². The smallest absolute Gasteiger partial charge is 0.0899 e. The lowest BCUT2D eigenvalue weighted by Crippen LogP contribution is -2.04. The molecule has 1 fully saturated rings. The van der Waals surface area contributed by atoms with Crippen LogP contribution in [0.15, 0.2) is 22.7 Å². The van der Waals surface area contributed by atoms with Crippen LogP contribution in [-0.2, 0) is 5.60 Å². The van der Waals surface area contributed by atoms with Gasteiger partial charge in [-0.15, -0.1) is 0 Å². The lowest BCUT2D eigenvalue weighted by molar-refractivity contribution is 0.151. The maximum atomic E-state index is 9.82. The number of halogens is 2. The lowest BCUT2D eigenvalue weighted by Gasteiger charge is -2.08. The van der Waals surface area contributed by atoms with Gasteiger partial charge in [-0.3, -0.25) is 0 Å². The fourth-order valence-electron chi connectivity index (χ4n) is 1.23. The predicted molar refractivity (Wildman–Crippen MR) is 60.0 cm³/mol.